The predicted molar refractivity (Wildman–Crippen MR) is 88.6 cm³/mol. The average Bonchev–Trinajstić information content (AvgIpc) is 3.33. The maximum absolute atomic E-state index is 13.2. The number of aliphatic hydroxyl groups excluding tert-OH is 1. The third kappa shape index (κ3) is 1.66. The Morgan fingerprint density at radius 3 is 2.88 bits per heavy atom. The number of allylic oxidation sites excluding steroid dienone is 1. The number of furan rings is 1. The largest absolute Gasteiger partial charge is 0.472 e. The van der Waals surface area contributed by atoms with E-state index in [1.807, 2.05) is 6.08 Å². The summed E-state index contributed by atoms with van der Waals surface area (Å²) in [4.78, 5) is 25.6. The molecule has 1 spiro atoms. The molecule has 136 valence electrons. The van der Waals surface area contributed by atoms with E-state index in [0.29, 0.717) is 31.3 Å². The Balaban J connectivity index is 1.64. The normalized spacial score (nSPS) is 41.0. The van der Waals surface area contributed by atoms with E-state index in [1.165, 1.54) is 0 Å². The molecule has 6 nitrogen and oxygen atoms in total. The number of hydrogen-bond donors (Lipinski definition) is 1. The minimum atomic E-state index is -0.908. The minimum Gasteiger partial charge on any atom is -0.472 e. The van der Waals surface area contributed by atoms with Crippen LogP contribution in [0.15, 0.2) is 46.8 Å². The molecule has 3 heterocycles. The standard InChI is InChI=1S/C20H20O6/c1-11-7-16-20(10-21)13(17(22)26-16)3-2-4-15(20)19(11)8-14(25-18(19)23)12-5-6-24-9-12/h3,5-6,9,14-16,21H,1-2,4,7-8,10H2/t14-,15+,16+,19+,20-/m0/s1. The Kier molecular flexibility index (Phi) is 3.11. The zero-order chi connectivity index (χ0) is 18.1. The number of carbonyl (C=O) groups is 2. The second-order valence-corrected chi connectivity index (χ2v) is 7.77. The van der Waals surface area contributed by atoms with Crippen molar-refractivity contribution >= 4 is 11.9 Å². The van der Waals surface area contributed by atoms with Crippen LogP contribution in [0.25, 0.3) is 0 Å². The number of cyclic esters (lactones) is 1. The molecule has 1 aromatic rings. The maximum Gasteiger partial charge on any atom is 0.334 e. The molecule has 1 saturated carbocycles. The van der Waals surface area contributed by atoms with Crippen molar-refractivity contribution in [1.29, 1.82) is 0 Å². The summed E-state index contributed by atoms with van der Waals surface area (Å²) in [6.45, 7) is 3.97. The van der Waals surface area contributed by atoms with E-state index < -0.39 is 23.0 Å². The fraction of sp³-hybridized carbons (Fsp3) is 0.500. The van der Waals surface area contributed by atoms with Crippen LogP contribution in [0, 0.1) is 16.7 Å². The Labute approximate surface area is 150 Å². The van der Waals surface area contributed by atoms with Gasteiger partial charge in [-0.3, -0.25) is 4.79 Å². The Bertz CT molecular complexity index is 836. The first kappa shape index (κ1) is 15.9. The van der Waals surface area contributed by atoms with Crippen molar-refractivity contribution in [3.63, 3.8) is 0 Å². The molecule has 5 atom stereocenters. The third-order valence-electron chi connectivity index (χ3n) is 6.93. The molecule has 1 N–H and O–H groups in total. The van der Waals surface area contributed by atoms with E-state index in [0.717, 1.165) is 11.1 Å². The summed E-state index contributed by atoms with van der Waals surface area (Å²) in [5, 5.41) is 10.4. The number of fused-ring (bicyclic) bond motifs is 1. The van der Waals surface area contributed by atoms with Crippen LogP contribution >= 0.6 is 0 Å². The van der Waals surface area contributed by atoms with Crippen molar-refractivity contribution in [2.24, 2.45) is 16.7 Å². The lowest BCUT2D eigenvalue weighted by Crippen LogP contribution is -2.58. The van der Waals surface area contributed by atoms with Gasteiger partial charge in [-0.05, 0) is 24.8 Å². The molecule has 2 saturated heterocycles. The van der Waals surface area contributed by atoms with Crippen LogP contribution < -0.4 is 0 Å². The summed E-state index contributed by atoms with van der Waals surface area (Å²) in [6, 6.07) is 1.79. The van der Waals surface area contributed by atoms with Gasteiger partial charge in [-0.2, -0.15) is 0 Å². The Morgan fingerprint density at radius 2 is 2.15 bits per heavy atom. The monoisotopic (exact) mass is 356 g/mol. The van der Waals surface area contributed by atoms with Gasteiger partial charge in [0.2, 0.25) is 0 Å². The van der Waals surface area contributed by atoms with Crippen molar-refractivity contribution in [2.75, 3.05) is 6.61 Å². The number of carbonyl (C=O) groups excluding carboxylic acids is 2. The van der Waals surface area contributed by atoms with Gasteiger partial charge < -0.3 is 19.0 Å². The lowest BCUT2D eigenvalue weighted by molar-refractivity contribution is -0.158. The van der Waals surface area contributed by atoms with E-state index in [-0.39, 0.29) is 24.5 Å². The van der Waals surface area contributed by atoms with Gasteiger partial charge in [0.25, 0.3) is 0 Å². The van der Waals surface area contributed by atoms with Crippen LogP contribution in [-0.2, 0) is 19.1 Å². The molecule has 2 aliphatic heterocycles. The molecule has 0 radical (unpaired) electrons. The van der Waals surface area contributed by atoms with Crippen molar-refractivity contribution < 1.29 is 28.6 Å². The highest BCUT2D eigenvalue weighted by molar-refractivity contribution is 5.95. The molecular formula is C20H20O6. The fourth-order valence-electron chi connectivity index (χ4n) is 5.73. The van der Waals surface area contributed by atoms with E-state index in [9.17, 15) is 14.7 Å². The minimum absolute atomic E-state index is 0.224. The van der Waals surface area contributed by atoms with Gasteiger partial charge in [0.1, 0.15) is 12.2 Å². The molecule has 0 amide bonds. The summed E-state index contributed by atoms with van der Waals surface area (Å²) in [7, 11) is 0. The van der Waals surface area contributed by atoms with Crippen molar-refractivity contribution in [2.45, 2.75) is 37.9 Å². The second kappa shape index (κ2) is 5.10. The summed E-state index contributed by atoms with van der Waals surface area (Å²) >= 11 is 0. The zero-order valence-electron chi connectivity index (χ0n) is 14.3. The summed E-state index contributed by atoms with van der Waals surface area (Å²) in [5.41, 5.74) is 0.319. The highest BCUT2D eigenvalue weighted by atomic mass is 16.6. The fourth-order valence-corrected chi connectivity index (χ4v) is 5.73. The Hall–Kier alpha value is -2.34. The van der Waals surface area contributed by atoms with E-state index in [2.05, 4.69) is 6.58 Å². The molecule has 0 bridgehead atoms. The molecule has 0 aromatic carbocycles. The lowest BCUT2D eigenvalue weighted by atomic mass is 9.47. The quantitative estimate of drug-likeness (QED) is 0.647. The smallest absolute Gasteiger partial charge is 0.334 e. The number of rotatable bonds is 2. The van der Waals surface area contributed by atoms with Crippen LogP contribution in [-0.4, -0.2) is 29.8 Å². The molecule has 2 aliphatic carbocycles. The molecule has 5 rings (SSSR count). The molecule has 4 aliphatic rings. The summed E-state index contributed by atoms with van der Waals surface area (Å²) < 4.78 is 16.5. The first-order valence-electron chi connectivity index (χ1n) is 8.98. The van der Waals surface area contributed by atoms with Crippen LogP contribution in [0.1, 0.15) is 37.4 Å². The molecule has 3 fully saturated rings. The SMILES string of the molecule is C=C1C[C@H]2OC(=O)C3=CCC[C@H]([C@@]14C[C@@H](c1ccoc1)OC4=O)[C@]32CO. The number of aliphatic hydroxyl groups is 1. The number of esters is 2. The second-order valence-electron chi connectivity index (χ2n) is 7.77. The van der Waals surface area contributed by atoms with Gasteiger partial charge in [-0.25, -0.2) is 4.79 Å². The summed E-state index contributed by atoms with van der Waals surface area (Å²) in [5.74, 6) is -0.955. The van der Waals surface area contributed by atoms with Crippen LogP contribution in [0.5, 0.6) is 0 Å². The van der Waals surface area contributed by atoms with Crippen molar-refractivity contribution in [3.8, 4) is 0 Å². The van der Waals surface area contributed by atoms with E-state index in [4.69, 9.17) is 13.9 Å². The van der Waals surface area contributed by atoms with Gasteiger partial charge in [-0.1, -0.05) is 18.2 Å². The van der Waals surface area contributed by atoms with E-state index in [1.54, 1.807) is 18.6 Å². The van der Waals surface area contributed by atoms with Gasteiger partial charge in [0, 0.05) is 24.0 Å². The zero-order valence-corrected chi connectivity index (χ0v) is 14.3. The molecule has 0 unspecified atom stereocenters. The molecule has 1 aromatic heterocycles. The molecule has 26 heavy (non-hydrogen) atoms. The van der Waals surface area contributed by atoms with Crippen LogP contribution in [0.4, 0.5) is 0 Å². The highest BCUT2D eigenvalue weighted by Crippen LogP contribution is 2.67. The maximum atomic E-state index is 13.2. The van der Waals surface area contributed by atoms with Gasteiger partial charge in [0.05, 0.1) is 30.0 Å². The van der Waals surface area contributed by atoms with Crippen molar-refractivity contribution in [1.82, 2.24) is 0 Å². The van der Waals surface area contributed by atoms with Gasteiger partial charge in [0.15, 0.2) is 0 Å². The number of hydrogen-bond acceptors (Lipinski definition) is 6. The van der Waals surface area contributed by atoms with Crippen LogP contribution in [0.3, 0.4) is 0 Å². The number of ether oxygens (including phenoxy) is 2. The highest BCUT2D eigenvalue weighted by Gasteiger charge is 2.71. The van der Waals surface area contributed by atoms with Crippen LogP contribution in [0.2, 0.25) is 0 Å². The third-order valence-corrected chi connectivity index (χ3v) is 6.93. The summed E-state index contributed by atoms with van der Waals surface area (Å²) in [6.07, 6.45) is 6.31. The van der Waals surface area contributed by atoms with Gasteiger partial charge in [-0.15, -0.1) is 0 Å². The van der Waals surface area contributed by atoms with Gasteiger partial charge >= 0.3 is 11.9 Å². The average molecular weight is 356 g/mol. The van der Waals surface area contributed by atoms with Crippen molar-refractivity contribution in [3.05, 3.63) is 48.0 Å². The first-order chi connectivity index (χ1) is 12.5. The lowest BCUT2D eigenvalue weighted by Gasteiger charge is -2.53. The Morgan fingerprint density at radius 1 is 1.31 bits per heavy atom. The topological polar surface area (TPSA) is 86.0 Å². The first-order valence-corrected chi connectivity index (χ1v) is 8.98. The van der Waals surface area contributed by atoms with E-state index >= 15 is 0 Å². The molecule has 6 heteroatoms. The predicted octanol–water partition coefficient (Wildman–Crippen LogP) is 2.45. The molecular weight excluding hydrogens is 336 g/mol.